The molecule has 70 valence electrons. The van der Waals surface area contributed by atoms with Gasteiger partial charge in [0.05, 0.1) is 6.10 Å². The van der Waals surface area contributed by atoms with Crippen molar-refractivity contribution < 1.29 is 9.50 Å². The van der Waals surface area contributed by atoms with Gasteiger partial charge in [0.1, 0.15) is 5.82 Å². The number of benzene rings is 1. The third-order valence-electron chi connectivity index (χ3n) is 2.10. The van der Waals surface area contributed by atoms with Gasteiger partial charge in [0.15, 0.2) is 0 Å². The topological polar surface area (TPSA) is 20.2 Å². The number of halogens is 2. The number of hydrogen-bond acceptors (Lipinski definition) is 2. The molecule has 0 bridgehead atoms. The molecule has 0 amide bonds. The number of thioether (sulfide) groups is 1. The van der Waals surface area contributed by atoms with E-state index < -0.39 is 6.10 Å². The molecule has 1 N–H and O–H groups in total. The van der Waals surface area contributed by atoms with Crippen LogP contribution in [0, 0.1) is 5.82 Å². The molecular weight excluding hydrogens is 255 g/mol. The molecule has 0 aliphatic carbocycles. The van der Waals surface area contributed by atoms with Gasteiger partial charge in [-0.25, -0.2) is 4.39 Å². The third kappa shape index (κ3) is 1.63. The Labute approximate surface area is 88.5 Å². The molecule has 1 atom stereocenters. The van der Waals surface area contributed by atoms with Gasteiger partial charge in [0.2, 0.25) is 0 Å². The van der Waals surface area contributed by atoms with Crippen LogP contribution in [0.25, 0.3) is 0 Å². The van der Waals surface area contributed by atoms with Crippen LogP contribution in [0.3, 0.4) is 0 Å². The minimum Gasteiger partial charge on any atom is -0.387 e. The molecule has 4 heteroatoms. The van der Waals surface area contributed by atoms with E-state index in [1.165, 1.54) is 6.07 Å². The molecule has 0 aromatic heterocycles. The Morgan fingerprint density at radius 3 is 3.00 bits per heavy atom. The number of aliphatic hydroxyl groups excluding tert-OH is 1. The highest BCUT2D eigenvalue weighted by molar-refractivity contribution is 9.10. The standard InChI is InChI=1S/C9H8BrFOS/c10-6-1-2-7(11)9-5(6)3-13-4-8(9)12/h1-2,8,12H,3-4H2/t8-/m1/s1. The molecular formula is C9H8BrFOS. The second-order valence-corrected chi connectivity index (χ2v) is 4.84. The molecule has 0 saturated carbocycles. The van der Waals surface area contributed by atoms with E-state index in [1.54, 1.807) is 17.8 Å². The quantitative estimate of drug-likeness (QED) is 0.776. The van der Waals surface area contributed by atoms with Crippen molar-refractivity contribution in [2.24, 2.45) is 0 Å². The van der Waals surface area contributed by atoms with Crippen molar-refractivity contribution in [2.45, 2.75) is 11.9 Å². The maximum absolute atomic E-state index is 13.3. The minimum absolute atomic E-state index is 0.300. The zero-order valence-electron chi connectivity index (χ0n) is 6.76. The van der Waals surface area contributed by atoms with Crippen LogP contribution < -0.4 is 0 Å². The fourth-order valence-electron chi connectivity index (χ4n) is 1.47. The van der Waals surface area contributed by atoms with E-state index in [4.69, 9.17) is 0 Å². The van der Waals surface area contributed by atoms with E-state index >= 15 is 0 Å². The van der Waals surface area contributed by atoms with Crippen molar-refractivity contribution in [1.29, 1.82) is 0 Å². The average molecular weight is 263 g/mol. The van der Waals surface area contributed by atoms with E-state index in [1.807, 2.05) is 0 Å². The molecule has 1 aliphatic heterocycles. The first kappa shape index (κ1) is 9.49. The molecule has 2 rings (SSSR count). The average Bonchev–Trinajstić information content (AvgIpc) is 2.12. The Morgan fingerprint density at radius 1 is 1.54 bits per heavy atom. The molecule has 1 heterocycles. The Morgan fingerprint density at radius 2 is 2.31 bits per heavy atom. The van der Waals surface area contributed by atoms with Crippen molar-refractivity contribution in [3.8, 4) is 0 Å². The largest absolute Gasteiger partial charge is 0.387 e. The van der Waals surface area contributed by atoms with Crippen LogP contribution in [0.4, 0.5) is 4.39 Å². The van der Waals surface area contributed by atoms with Gasteiger partial charge in [-0.05, 0) is 17.7 Å². The summed E-state index contributed by atoms with van der Waals surface area (Å²) in [6.45, 7) is 0. The lowest BCUT2D eigenvalue weighted by Gasteiger charge is -2.22. The van der Waals surface area contributed by atoms with Gasteiger partial charge >= 0.3 is 0 Å². The van der Waals surface area contributed by atoms with Crippen molar-refractivity contribution in [3.05, 3.63) is 33.5 Å². The Balaban J connectivity index is 2.60. The second kappa shape index (κ2) is 3.59. The molecule has 0 unspecified atom stereocenters. The Kier molecular flexibility index (Phi) is 2.62. The molecule has 0 fully saturated rings. The van der Waals surface area contributed by atoms with Crippen LogP contribution in [-0.4, -0.2) is 10.9 Å². The van der Waals surface area contributed by atoms with Gasteiger partial charge in [0.25, 0.3) is 0 Å². The number of rotatable bonds is 0. The third-order valence-corrected chi connectivity index (χ3v) is 3.89. The molecule has 13 heavy (non-hydrogen) atoms. The highest BCUT2D eigenvalue weighted by Crippen LogP contribution is 2.37. The summed E-state index contributed by atoms with van der Waals surface area (Å²) < 4.78 is 14.2. The molecule has 1 aromatic carbocycles. The zero-order valence-corrected chi connectivity index (χ0v) is 9.16. The van der Waals surface area contributed by atoms with Crippen molar-refractivity contribution in [2.75, 3.05) is 5.75 Å². The highest BCUT2D eigenvalue weighted by atomic mass is 79.9. The van der Waals surface area contributed by atoms with E-state index in [-0.39, 0.29) is 5.82 Å². The van der Waals surface area contributed by atoms with Crippen LogP contribution in [0.1, 0.15) is 17.2 Å². The second-order valence-electron chi connectivity index (χ2n) is 2.95. The van der Waals surface area contributed by atoms with Gasteiger partial charge in [-0.2, -0.15) is 11.8 Å². The molecule has 1 nitrogen and oxygen atoms in total. The van der Waals surface area contributed by atoms with Gasteiger partial charge in [-0.1, -0.05) is 15.9 Å². The fraction of sp³-hybridized carbons (Fsp3) is 0.333. The van der Waals surface area contributed by atoms with Gasteiger partial charge < -0.3 is 5.11 Å². The van der Waals surface area contributed by atoms with Crippen LogP contribution in [0.15, 0.2) is 16.6 Å². The van der Waals surface area contributed by atoms with E-state index in [9.17, 15) is 9.50 Å². The lowest BCUT2D eigenvalue weighted by molar-refractivity contribution is 0.196. The molecule has 0 radical (unpaired) electrons. The smallest absolute Gasteiger partial charge is 0.129 e. The van der Waals surface area contributed by atoms with Crippen LogP contribution in [-0.2, 0) is 5.75 Å². The minimum atomic E-state index is -0.661. The highest BCUT2D eigenvalue weighted by Gasteiger charge is 2.23. The summed E-state index contributed by atoms with van der Waals surface area (Å²) >= 11 is 4.97. The lowest BCUT2D eigenvalue weighted by Crippen LogP contribution is -2.12. The number of hydrogen-bond donors (Lipinski definition) is 1. The summed E-state index contributed by atoms with van der Waals surface area (Å²) in [5.41, 5.74) is 1.36. The molecule has 1 aliphatic rings. The van der Waals surface area contributed by atoms with Crippen LogP contribution in [0.5, 0.6) is 0 Å². The van der Waals surface area contributed by atoms with E-state index in [0.717, 1.165) is 15.8 Å². The molecule has 0 saturated heterocycles. The maximum Gasteiger partial charge on any atom is 0.129 e. The number of fused-ring (bicyclic) bond motifs is 1. The lowest BCUT2D eigenvalue weighted by atomic mass is 10.0. The Hall–Kier alpha value is -0.0600. The summed E-state index contributed by atoms with van der Waals surface area (Å²) in [7, 11) is 0. The van der Waals surface area contributed by atoms with E-state index in [0.29, 0.717) is 11.3 Å². The predicted molar refractivity (Wildman–Crippen MR) is 55.2 cm³/mol. The van der Waals surface area contributed by atoms with Crippen molar-refractivity contribution >= 4 is 27.7 Å². The number of aliphatic hydroxyl groups is 1. The summed E-state index contributed by atoms with van der Waals surface area (Å²) in [6, 6.07) is 3.08. The maximum atomic E-state index is 13.3. The summed E-state index contributed by atoms with van der Waals surface area (Å²) in [4.78, 5) is 0. The first-order valence-corrected chi connectivity index (χ1v) is 5.87. The first-order chi connectivity index (χ1) is 6.20. The Bertz CT molecular complexity index is 343. The molecule has 0 spiro atoms. The monoisotopic (exact) mass is 262 g/mol. The SMILES string of the molecule is O[C@@H]1CSCc2c(Br)ccc(F)c21. The van der Waals surface area contributed by atoms with Gasteiger partial charge in [-0.3, -0.25) is 0 Å². The summed E-state index contributed by atoms with van der Waals surface area (Å²) in [5, 5.41) is 9.58. The summed E-state index contributed by atoms with van der Waals surface area (Å²) in [6.07, 6.45) is -0.661. The van der Waals surface area contributed by atoms with Gasteiger partial charge in [-0.15, -0.1) is 0 Å². The van der Waals surface area contributed by atoms with Crippen molar-refractivity contribution in [1.82, 2.24) is 0 Å². The van der Waals surface area contributed by atoms with Gasteiger partial charge in [0, 0.05) is 21.5 Å². The summed E-state index contributed by atoms with van der Waals surface area (Å²) in [5.74, 6) is 1.05. The predicted octanol–water partition coefficient (Wildman–Crippen LogP) is 2.87. The van der Waals surface area contributed by atoms with Crippen LogP contribution >= 0.6 is 27.7 Å². The zero-order chi connectivity index (χ0) is 9.42. The molecule has 1 aromatic rings. The van der Waals surface area contributed by atoms with Crippen molar-refractivity contribution in [3.63, 3.8) is 0 Å². The van der Waals surface area contributed by atoms with Crippen LogP contribution in [0.2, 0.25) is 0 Å². The fourth-order valence-corrected chi connectivity index (χ4v) is 3.17. The van der Waals surface area contributed by atoms with E-state index in [2.05, 4.69) is 15.9 Å². The normalized spacial score (nSPS) is 21.3. The first-order valence-electron chi connectivity index (χ1n) is 3.92.